The summed E-state index contributed by atoms with van der Waals surface area (Å²) in [6, 6.07) is 14.5. The van der Waals surface area contributed by atoms with Gasteiger partial charge in [-0.3, -0.25) is 0 Å². The van der Waals surface area contributed by atoms with Crippen LogP contribution in [0.4, 0.5) is 8.78 Å². The van der Waals surface area contributed by atoms with Crippen molar-refractivity contribution in [3.63, 3.8) is 0 Å². The lowest BCUT2D eigenvalue weighted by atomic mass is 10.1. The highest BCUT2D eigenvalue weighted by Gasteiger charge is 2.32. The molecule has 0 radical (unpaired) electrons. The number of hydrogen-bond donors (Lipinski definition) is 1. The molecule has 0 spiro atoms. The Labute approximate surface area is 110 Å². The fourth-order valence-electron chi connectivity index (χ4n) is 1.70. The van der Waals surface area contributed by atoms with Crippen LogP contribution < -0.4 is 10.5 Å². The van der Waals surface area contributed by atoms with Gasteiger partial charge >= 0.3 is 5.92 Å². The third kappa shape index (κ3) is 3.51. The van der Waals surface area contributed by atoms with Crippen LogP contribution in [0.25, 0.3) is 0 Å². The van der Waals surface area contributed by atoms with Crippen molar-refractivity contribution in [3.8, 4) is 5.75 Å². The van der Waals surface area contributed by atoms with E-state index in [9.17, 15) is 8.78 Å². The molecule has 0 heterocycles. The average molecular weight is 263 g/mol. The van der Waals surface area contributed by atoms with Crippen molar-refractivity contribution in [2.45, 2.75) is 12.5 Å². The molecular formula is C15H15F2NO. The fourth-order valence-corrected chi connectivity index (χ4v) is 1.70. The first-order valence-electron chi connectivity index (χ1n) is 5.97. The molecule has 0 aliphatic carbocycles. The predicted molar refractivity (Wildman–Crippen MR) is 70.2 cm³/mol. The molecule has 4 heteroatoms. The minimum Gasteiger partial charge on any atom is -0.487 e. The lowest BCUT2D eigenvalue weighted by Gasteiger charge is -2.17. The smallest absolute Gasteiger partial charge is 0.306 e. The van der Waals surface area contributed by atoms with Gasteiger partial charge in [0.2, 0.25) is 0 Å². The molecule has 0 saturated heterocycles. The minimum atomic E-state index is -3.01. The molecule has 0 aliphatic heterocycles. The van der Waals surface area contributed by atoms with E-state index >= 15 is 0 Å². The van der Waals surface area contributed by atoms with Gasteiger partial charge in [-0.25, -0.2) is 0 Å². The second-order valence-electron chi connectivity index (χ2n) is 4.21. The second-order valence-corrected chi connectivity index (χ2v) is 4.21. The van der Waals surface area contributed by atoms with Crippen molar-refractivity contribution in [3.05, 3.63) is 65.7 Å². The van der Waals surface area contributed by atoms with Crippen molar-refractivity contribution in [1.29, 1.82) is 0 Å². The summed E-state index contributed by atoms with van der Waals surface area (Å²) < 4.78 is 32.9. The third-order valence-electron chi connectivity index (χ3n) is 2.75. The largest absolute Gasteiger partial charge is 0.487 e. The highest BCUT2D eigenvalue weighted by molar-refractivity contribution is 5.29. The molecule has 0 atom stereocenters. The van der Waals surface area contributed by atoms with Crippen LogP contribution in [0.15, 0.2) is 54.6 Å². The van der Waals surface area contributed by atoms with Gasteiger partial charge in [0.25, 0.3) is 0 Å². The molecule has 0 unspecified atom stereocenters. The van der Waals surface area contributed by atoms with Crippen LogP contribution in [0.3, 0.4) is 0 Å². The van der Waals surface area contributed by atoms with E-state index in [1.54, 1.807) is 36.4 Å². The van der Waals surface area contributed by atoms with Gasteiger partial charge < -0.3 is 10.5 Å². The molecular weight excluding hydrogens is 248 g/mol. The van der Waals surface area contributed by atoms with E-state index in [1.165, 1.54) is 12.1 Å². The summed E-state index contributed by atoms with van der Waals surface area (Å²) in [6.07, 6.45) is 0. The lowest BCUT2D eigenvalue weighted by molar-refractivity contribution is -0.0467. The van der Waals surface area contributed by atoms with E-state index in [0.717, 1.165) is 5.56 Å². The highest BCUT2D eigenvalue weighted by Crippen LogP contribution is 2.28. The Morgan fingerprint density at radius 1 is 1.00 bits per heavy atom. The van der Waals surface area contributed by atoms with E-state index in [-0.39, 0.29) is 5.56 Å². The fraction of sp³-hybridized carbons (Fsp3) is 0.200. The summed E-state index contributed by atoms with van der Waals surface area (Å²) in [7, 11) is 0. The Kier molecular flexibility index (Phi) is 4.12. The molecule has 2 nitrogen and oxygen atoms in total. The average Bonchev–Trinajstić information content (AvgIpc) is 2.46. The Morgan fingerprint density at radius 3 is 2.42 bits per heavy atom. The van der Waals surface area contributed by atoms with E-state index in [0.29, 0.717) is 12.3 Å². The van der Waals surface area contributed by atoms with Crippen molar-refractivity contribution in [2.75, 3.05) is 6.61 Å². The van der Waals surface area contributed by atoms with Crippen molar-refractivity contribution in [2.24, 2.45) is 5.73 Å². The Bertz CT molecular complexity index is 529. The molecule has 0 aliphatic rings. The summed E-state index contributed by atoms with van der Waals surface area (Å²) in [5.41, 5.74) is 6.28. The van der Waals surface area contributed by atoms with E-state index in [1.807, 2.05) is 6.07 Å². The van der Waals surface area contributed by atoms with E-state index < -0.39 is 12.5 Å². The number of alkyl halides is 2. The molecule has 19 heavy (non-hydrogen) atoms. The van der Waals surface area contributed by atoms with Gasteiger partial charge in [-0.05, 0) is 17.7 Å². The summed E-state index contributed by atoms with van der Waals surface area (Å²) in [4.78, 5) is 0. The molecule has 2 aromatic rings. The number of benzene rings is 2. The summed E-state index contributed by atoms with van der Waals surface area (Å²) >= 11 is 0. The van der Waals surface area contributed by atoms with Crippen molar-refractivity contribution >= 4 is 0 Å². The monoisotopic (exact) mass is 263 g/mol. The molecule has 0 bridgehead atoms. The first-order chi connectivity index (χ1) is 9.12. The SMILES string of the molecule is NCc1cccc(OCC(F)(F)c2ccccc2)c1. The summed E-state index contributed by atoms with van der Waals surface area (Å²) in [6.45, 7) is -0.336. The lowest BCUT2D eigenvalue weighted by Crippen LogP contribution is -2.23. The van der Waals surface area contributed by atoms with Crippen LogP contribution in [0.5, 0.6) is 5.75 Å². The zero-order valence-corrected chi connectivity index (χ0v) is 10.4. The van der Waals surface area contributed by atoms with Gasteiger partial charge in [0.05, 0.1) is 0 Å². The molecule has 0 amide bonds. The first-order valence-corrected chi connectivity index (χ1v) is 5.97. The topological polar surface area (TPSA) is 35.2 Å². The van der Waals surface area contributed by atoms with E-state index in [2.05, 4.69) is 0 Å². The third-order valence-corrected chi connectivity index (χ3v) is 2.75. The molecule has 2 aromatic carbocycles. The van der Waals surface area contributed by atoms with Gasteiger partial charge in [0.15, 0.2) is 6.61 Å². The standard InChI is InChI=1S/C15H15F2NO/c16-15(17,13-6-2-1-3-7-13)11-19-14-8-4-5-12(9-14)10-18/h1-9H,10-11,18H2. The van der Waals surface area contributed by atoms with Gasteiger partial charge in [-0.15, -0.1) is 0 Å². The number of halogens is 2. The second kappa shape index (κ2) is 5.80. The van der Waals surface area contributed by atoms with Gasteiger partial charge in [-0.2, -0.15) is 8.78 Å². The highest BCUT2D eigenvalue weighted by atomic mass is 19.3. The van der Waals surface area contributed by atoms with Crippen LogP contribution in [0, 0.1) is 0 Å². The Hall–Kier alpha value is -1.94. The maximum Gasteiger partial charge on any atom is 0.306 e. The molecule has 0 aromatic heterocycles. The molecule has 100 valence electrons. The first kappa shape index (κ1) is 13.5. The van der Waals surface area contributed by atoms with Crippen LogP contribution in [-0.4, -0.2) is 6.61 Å². The number of nitrogens with two attached hydrogens (primary N) is 1. The number of hydrogen-bond acceptors (Lipinski definition) is 2. The van der Waals surface area contributed by atoms with Crippen LogP contribution in [0.1, 0.15) is 11.1 Å². The summed E-state index contributed by atoms with van der Waals surface area (Å²) in [5, 5.41) is 0. The number of ether oxygens (including phenoxy) is 1. The summed E-state index contributed by atoms with van der Waals surface area (Å²) in [5.74, 6) is -2.61. The molecule has 0 saturated carbocycles. The van der Waals surface area contributed by atoms with Crippen molar-refractivity contribution in [1.82, 2.24) is 0 Å². The number of rotatable bonds is 5. The van der Waals surface area contributed by atoms with Crippen LogP contribution in [0.2, 0.25) is 0 Å². The maximum absolute atomic E-state index is 13.9. The Morgan fingerprint density at radius 2 is 1.74 bits per heavy atom. The Balaban J connectivity index is 2.05. The minimum absolute atomic E-state index is 0.0509. The predicted octanol–water partition coefficient (Wildman–Crippen LogP) is 3.32. The quantitative estimate of drug-likeness (QED) is 0.898. The maximum atomic E-state index is 13.9. The molecule has 2 N–H and O–H groups in total. The zero-order chi connectivity index (χ0) is 13.7. The van der Waals surface area contributed by atoms with Gasteiger partial charge in [0.1, 0.15) is 5.75 Å². The zero-order valence-electron chi connectivity index (χ0n) is 10.4. The molecule has 2 rings (SSSR count). The van der Waals surface area contributed by atoms with Crippen LogP contribution in [-0.2, 0) is 12.5 Å². The molecule has 0 fully saturated rings. The van der Waals surface area contributed by atoms with Crippen LogP contribution >= 0.6 is 0 Å². The van der Waals surface area contributed by atoms with Crippen molar-refractivity contribution < 1.29 is 13.5 Å². The normalized spacial score (nSPS) is 11.3. The van der Waals surface area contributed by atoms with Gasteiger partial charge in [-0.1, -0.05) is 42.5 Å². The van der Waals surface area contributed by atoms with E-state index in [4.69, 9.17) is 10.5 Å². The van der Waals surface area contributed by atoms with Gasteiger partial charge in [0, 0.05) is 12.1 Å².